The molecule has 2 unspecified atom stereocenters. The quantitative estimate of drug-likeness (QED) is 0.393. The third-order valence-corrected chi connectivity index (χ3v) is 2.36. The van der Waals surface area contributed by atoms with Gasteiger partial charge in [0.15, 0.2) is 0 Å². The summed E-state index contributed by atoms with van der Waals surface area (Å²) >= 11 is 0. The molecular formula is C8H17N3O2. The van der Waals surface area contributed by atoms with E-state index < -0.39 is 0 Å². The zero-order chi connectivity index (χ0) is 9.84. The molecule has 1 aliphatic carbocycles. The van der Waals surface area contributed by atoms with Crippen molar-refractivity contribution in [3.05, 3.63) is 0 Å². The van der Waals surface area contributed by atoms with Crippen LogP contribution in [0.25, 0.3) is 0 Å². The number of carbonyl (C=O) groups excluding carboxylic acids is 1. The van der Waals surface area contributed by atoms with E-state index in [0.29, 0.717) is 0 Å². The van der Waals surface area contributed by atoms with Crippen molar-refractivity contribution < 1.29 is 9.90 Å². The van der Waals surface area contributed by atoms with Gasteiger partial charge in [-0.05, 0) is 26.4 Å². The number of hydrogen-bond donors (Lipinski definition) is 4. The number of aliphatic hydroxyl groups excluding tert-OH is 1. The minimum atomic E-state index is -0.188. The fourth-order valence-electron chi connectivity index (χ4n) is 1.31. The van der Waals surface area contributed by atoms with Gasteiger partial charge in [0.25, 0.3) is 0 Å². The summed E-state index contributed by atoms with van der Waals surface area (Å²) in [5.74, 6) is 0.191. The van der Waals surface area contributed by atoms with Crippen molar-refractivity contribution >= 4 is 5.91 Å². The Hall–Kier alpha value is -0.650. The Balaban J connectivity index is 2.25. The molecule has 5 heteroatoms. The molecule has 0 radical (unpaired) electrons. The van der Waals surface area contributed by atoms with E-state index in [1.807, 2.05) is 0 Å². The van der Waals surface area contributed by atoms with E-state index in [0.717, 1.165) is 6.42 Å². The molecule has 0 saturated heterocycles. The Morgan fingerprint density at radius 1 is 1.54 bits per heavy atom. The second-order valence-electron chi connectivity index (χ2n) is 3.30. The molecule has 0 bridgehead atoms. The third-order valence-electron chi connectivity index (χ3n) is 2.36. The highest BCUT2D eigenvalue weighted by Gasteiger charge is 2.42. The molecule has 0 spiro atoms. The first-order valence-electron chi connectivity index (χ1n) is 4.48. The molecule has 1 aliphatic rings. The zero-order valence-corrected chi connectivity index (χ0v) is 8.00. The summed E-state index contributed by atoms with van der Waals surface area (Å²) in [5, 5.41) is 17.3. The Morgan fingerprint density at radius 2 is 2.15 bits per heavy atom. The van der Waals surface area contributed by atoms with Crippen LogP contribution in [0.4, 0.5) is 0 Å². The van der Waals surface area contributed by atoms with Gasteiger partial charge >= 0.3 is 0 Å². The summed E-state index contributed by atoms with van der Waals surface area (Å²) in [6, 6.07) is 0. The SMILES string of the molecule is CNC(NC)NC(=O)C1CC1CO. The summed E-state index contributed by atoms with van der Waals surface area (Å²) in [5.41, 5.74) is 0. The predicted octanol–water partition coefficient (Wildman–Crippen LogP) is -1.55. The predicted molar refractivity (Wildman–Crippen MR) is 48.7 cm³/mol. The lowest BCUT2D eigenvalue weighted by molar-refractivity contribution is -0.123. The van der Waals surface area contributed by atoms with Gasteiger partial charge in [-0.1, -0.05) is 0 Å². The first-order chi connectivity index (χ1) is 6.22. The summed E-state index contributed by atoms with van der Waals surface area (Å²) in [6.45, 7) is 0.113. The molecule has 0 aliphatic heterocycles. The number of nitrogens with one attached hydrogen (secondary N) is 3. The van der Waals surface area contributed by atoms with Crippen molar-refractivity contribution in [2.45, 2.75) is 12.7 Å². The van der Waals surface area contributed by atoms with Gasteiger partial charge in [-0.2, -0.15) is 0 Å². The topological polar surface area (TPSA) is 73.4 Å². The summed E-state index contributed by atoms with van der Waals surface area (Å²) in [4.78, 5) is 11.4. The summed E-state index contributed by atoms with van der Waals surface area (Å²) < 4.78 is 0. The van der Waals surface area contributed by atoms with E-state index in [-0.39, 0.29) is 30.6 Å². The first kappa shape index (κ1) is 10.4. The van der Waals surface area contributed by atoms with Crippen LogP contribution >= 0.6 is 0 Å². The lowest BCUT2D eigenvalue weighted by Gasteiger charge is -2.16. The number of rotatable bonds is 5. The van der Waals surface area contributed by atoms with Gasteiger partial charge in [-0.25, -0.2) is 0 Å². The zero-order valence-electron chi connectivity index (χ0n) is 8.00. The maximum Gasteiger partial charge on any atom is 0.225 e. The molecule has 5 nitrogen and oxygen atoms in total. The maximum atomic E-state index is 11.4. The fraction of sp³-hybridized carbons (Fsp3) is 0.875. The average molecular weight is 187 g/mol. The Kier molecular flexibility index (Phi) is 3.65. The molecule has 1 fully saturated rings. The van der Waals surface area contributed by atoms with Crippen LogP contribution in [0.5, 0.6) is 0 Å². The van der Waals surface area contributed by atoms with Crippen molar-refractivity contribution in [2.75, 3.05) is 20.7 Å². The third kappa shape index (κ3) is 2.65. The molecular weight excluding hydrogens is 170 g/mol. The molecule has 0 heterocycles. The van der Waals surface area contributed by atoms with Crippen LogP contribution < -0.4 is 16.0 Å². The highest BCUT2D eigenvalue weighted by Crippen LogP contribution is 2.37. The Labute approximate surface area is 77.9 Å². The number of hydrogen-bond acceptors (Lipinski definition) is 4. The molecule has 0 aromatic heterocycles. The second kappa shape index (κ2) is 4.55. The largest absolute Gasteiger partial charge is 0.396 e. The van der Waals surface area contributed by atoms with Crippen LogP contribution in [0.15, 0.2) is 0 Å². The maximum absolute atomic E-state index is 11.4. The van der Waals surface area contributed by atoms with Crippen LogP contribution in [-0.4, -0.2) is 38.0 Å². The molecule has 76 valence electrons. The van der Waals surface area contributed by atoms with Gasteiger partial charge in [0, 0.05) is 12.5 Å². The monoisotopic (exact) mass is 187 g/mol. The van der Waals surface area contributed by atoms with E-state index in [1.54, 1.807) is 14.1 Å². The van der Waals surface area contributed by atoms with E-state index in [9.17, 15) is 4.79 Å². The number of aliphatic hydroxyl groups is 1. The van der Waals surface area contributed by atoms with Crippen molar-refractivity contribution in [3.8, 4) is 0 Å². The molecule has 13 heavy (non-hydrogen) atoms. The van der Waals surface area contributed by atoms with E-state index >= 15 is 0 Å². The van der Waals surface area contributed by atoms with Gasteiger partial charge in [-0.3, -0.25) is 15.4 Å². The van der Waals surface area contributed by atoms with Gasteiger partial charge in [0.2, 0.25) is 5.91 Å². The van der Waals surface area contributed by atoms with Gasteiger partial charge < -0.3 is 10.4 Å². The average Bonchev–Trinajstić information content (AvgIpc) is 2.92. The van der Waals surface area contributed by atoms with Gasteiger partial charge in [0.1, 0.15) is 6.29 Å². The lowest BCUT2D eigenvalue weighted by atomic mass is 10.3. The fourth-order valence-corrected chi connectivity index (χ4v) is 1.31. The highest BCUT2D eigenvalue weighted by molar-refractivity contribution is 5.81. The molecule has 1 amide bonds. The molecule has 4 N–H and O–H groups in total. The number of carbonyl (C=O) groups is 1. The molecule has 0 aromatic carbocycles. The Bertz CT molecular complexity index is 182. The molecule has 1 saturated carbocycles. The molecule has 1 rings (SSSR count). The lowest BCUT2D eigenvalue weighted by Crippen LogP contribution is -2.52. The van der Waals surface area contributed by atoms with Gasteiger partial charge in [-0.15, -0.1) is 0 Å². The molecule has 0 aromatic rings. The van der Waals surface area contributed by atoms with E-state index in [1.165, 1.54) is 0 Å². The van der Waals surface area contributed by atoms with Crippen molar-refractivity contribution in [2.24, 2.45) is 11.8 Å². The van der Waals surface area contributed by atoms with Crippen LogP contribution in [0.1, 0.15) is 6.42 Å². The Morgan fingerprint density at radius 3 is 2.54 bits per heavy atom. The summed E-state index contributed by atoms with van der Waals surface area (Å²) in [6.07, 6.45) is 0.620. The van der Waals surface area contributed by atoms with E-state index in [2.05, 4.69) is 16.0 Å². The van der Waals surface area contributed by atoms with Crippen LogP contribution in [-0.2, 0) is 4.79 Å². The first-order valence-corrected chi connectivity index (χ1v) is 4.48. The normalized spacial score (nSPS) is 26.2. The minimum Gasteiger partial charge on any atom is -0.396 e. The minimum absolute atomic E-state index is 0.00718. The molecule has 2 atom stereocenters. The van der Waals surface area contributed by atoms with Crippen LogP contribution in [0, 0.1) is 11.8 Å². The van der Waals surface area contributed by atoms with Crippen molar-refractivity contribution in [3.63, 3.8) is 0 Å². The summed E-state index contributed by atoms with van der Waals surface area (Å²) in [7, 11) is 3.52. The van der Waals surface area contributed by atoms with Crippen LogP contribution in [0.3, 0.4) is 0 Å². The van der Waals surface area contributed by atoms with Crippen LogP contribution in [0.2, 0.25) is 0 Å². The van der Waals surface area contributed by atoms with Gasteiger partial charge in [0.05, 0.1) is 0 Å². The standard InChI is InChI=1S/C8H17N3O2/c1-9-8(10-2)11-7(13)6-3-5(6)4-12/h5-6,8-10,12H,3-4H2,1-2H3,(H,11,13). The van der Waals surface area contributed by atoms with Crippen molar-refractivity contribution in [1.29, 1.82) is 0 Å². The highest BCUT2D eigenvalue weighted by atomic mass is 16.3. The smallest absolute Gasteiger partial charge is 0.225 e. The van der Waals surface area contributed by atoms with Crippen molar-refractivity contribution in [1.82, 2.24) is 16.0 Å². The van der Waals surface area contributed by atoms with E-state index in [4.69, 9.17) is 5.11 Å². The second-order valence-corrected chi connectivity index (χ2v) is 3.30. The number of amides is 1.